The number of hydrogen-bond acceptors (Lipinski definition) is 6. The summed E-state index contributed by atoms with van der Waals surface area (Å²) in [5, 5.41) is 10.3. The third-order valence-corrected chi connectivity index (χ3v) is 3.80. The summed E-state index contributed by atoms with van der Waals surface area (Å²) in [6.07, 6.45) is 0.250. The fourth-order valence-corrected chi connectivity index (χ4v) is 2.55. The molecule has 4 rings (SSSR count). The van der Waals surface area contributed by atoms with Crippen molar-refractivity contribution in [2.75, 3.05) is 6.79 Å². The summed E-state index contributed by atoms with van der Waals surface area (Å²) in [4.78, 5) is 12.1. The van der Waals surface area contributed by atoms with Crippen molar-refractivity contribution in [3.63, 3.8) is 0 Å². The molecule has 0 aliphatic carbocycles. The molecular weight excluding hydrogens is 341 g/mol. The molecule has 0 fully saturated rings. The second kappa shape index (κ2) is 6.83. The lowest BCUT2D eigenvalue weighted by Gasteiger charge is -2.04. The lowest BCUT2D eigenvalue weighted by atomic mass is 10.1. The summed E-state index contributed by atoms with van der Waals surface area (Å²) in [7, 11) is 0. The van der Waals surface area contributed by atoms with Gasteiger partial charge < -0.3 is 19.2 Å². The zero-order valence-corrected chi connectivity index (χ0v) is 13.6. The summed E-state index contributed by atoms with van der Waals surface area (Å²) >= 11 is 0. The molecule has 0 bridgehead atoms. The number of carbonyl (C=O) groups excluding carboxylic acids is 1. The van der Waals surface area contributed by atoms with E-state index < -0.39 is 5.91 Å². The van der Waals surface area contributed by atoms with Crippen LogP contribution in [0.25, 0.3) is 0 Å². The Labute approximate surface area is 147 Å². The van der Waals surface area contributed by atoms with Crippen molar-refractivity contribution in [1.29, 1.82) is 0 Å². The van der Waals surface area contributed by atoms with Crippen molar-refractivity contribution in [2.45, 2.75) is 13.0 Å². The molecule has 1 aliphatic rings. The molecule has 2 heterocycles. The second-order valence-corrected chi connectivity index (χ2v) is 5.68. The van der Waals surface area contributed by atoms with E-state index in [1.54, 1.807) is 24.3 Å². The molecule has 0 radical (unpaired) electrons. The Balaban J connectivity index is 1.37. The monoisotopic (exact) mass is 355 g/mol. The van der Waals surface area contributed by atoms with Gasteiger partial charge in [-0.05, 0) is 35.4 Å². The van der Waals surface area contributed by atoms with Crippen LogP contribution < -0.4 is 14.8 Å². The molecule has 1 N–H and O–H groups in total. The van der Waals surface area contributed by atoms with Gasteiger partial charge in [0, 0.05) is 6.54 Å². The smallest absolute Gasteiger partial charge is 0.309 e. The topological polar surface area (TPSA) is 86.5 Å². The van der Waals surface area contributed by atoms with E-state index in [0.29, 0.717) is 17.1 Å². The first-order valence-corrected chi connectivity index (χ1v) is 7.91. The molecule has 8 heteroatoms. The number of ether oxygens (including phenoxy) is 2. The molecule has 0 atom stereocenters. The van der Waals surface area contributed by atoms with Crippen molar-refractivity contribution in [3.05, 3.63) is 71.2 Å². The molecule has 1 aromatic heterocycles. The number of carbonyl (C=O) groups is 1. The van der Waals surface area contributed by atoms with Crippen molar-refractivity contribution >= 4 is 5.91 Å². The van der Waals surface area contributed by atoms with Crippen LogP contribution in [0.3, 0.4) is 0 Å². The van der Waals surface area contributed by atoms with E-state index in [1.807, 2.05) is 6.07 Å². The number of nitrogens with zero attached hydrogens (tertiary/aromatic N) is 2. The highest BCUT2D eigenvalue weighted by Gasteiger charge is 2.17. The van der Waals surface area contributed by atoms with Gasteiger partial charge in [-0.3, -0.25) is 4.79 Å². The van der Waals surface area contributed by atoms with Crippen molar-refractivity contribution < 1.29 is 23.1 Å². The average molecular weight is 355 g/mol. The molecule has 0 unspecified atom stereocenters. The number of benzene rings is 2. The van der Waals surface area contributed by atoms with E-state index in [1.165, 1.54) is 12.1 Å². The number of rotatable bonds is 5. The molecule has 0 spiro atoms. The molecule has 7 nitrogen and oxygen atoms in total. The van der Waals surface area contributed by atoms with Gasteiger partial charge in [0.05, 0.1) is 6.42 Å². The van der Waals surface area contributed by atoms with E-state index in [9.17, 15) is 9.18 Å². The van der Waals surface area contributed by atoms with Gasteiger partial charge in [-0.1, -0.05) is 18.2 Å². The van der Waals surface area contributed by atoms with Crippen LogP contribution in [0.5, 0.6) is 11.5 Å². The number of fused-ring (bicyclic) bond motifs is 1. The van der Waals surface area contributed by atoms with Gasteiger partial charge >= 0.3 is 11.8 Å². The highest BCUT2D eigenvalue weighted by molar-refractivity contribution is 5.89. The lowest BCUT2D eigenvalue weighted by Crippen LogP contribution is -2.23. The van der Waals surface area contributed by atoms with Crippen LogP contribution >= 0.6 is 0 Å². The van der Waals surface area contributed by atoms with Gasteiger partial charge in [-0.15, -0.1) is 10.2 Å². The maximum Gasteiger partial charge on any atom is 0.309 e. The van der Waals surface area contributed by atoms with Crippen LogP contribution in [0.2, 0.25) is 0 Å². The molecular formula is C18H14FN3O4. The van der Waals surface area contributed by atoms with E-state index in [2.05, 4.69) is 15.5 Å². The fraction of sp³-hybridized carbons (Fsp3) is 0.167. The summed E-state index contributed by atoms with van der Waals surface area (Å²) in [6.45, 7) is 0.471. The van der Waals surface area contributed by atoms with Crippen LogP contribution in [-0.4, -0.2) is 22.9 Å². The third-order valence-electron chi connectivity index (χ3n) is 3.80. The molecule has 3 aromatic rings. The van der Waals surface area contributed by atoms with Crippen LogP contribution in [0.15, 0.2) is 46.9 Å². The predicted octanol–water partition coefficient (Wildman–Crippen LogP) is 2.46. The van der Waals surface area contributed by atoms with E-state index >= 15 is 0 Å². The Hall–Kier alpha value is -3.42. The van der Waals surface area contributed by atoms with Crippen LogP contribution in [-0.2, 0) is 13.0 Å². The summed E-state index contributed by atoms with van der Waals surface area (Å²) in [6, 6.07) is 11.5. The van der Waals surface area contributed by atoms with Gasteiger partial charge in [0.25, 0.3) is 0 Å². The minimum atomic E-state index is -0.486. The quantitative estimate of drug-likeness (QED) is 0.757. The Morgan fingerprint density at radius 1 is 1.08 bits per heavy atom. The molecule has 0 saturated heterocycles. The highest BCUT2D eigenvalue weighted by atomic mass is 19.1. The number of hydrogen-bond donors (Lipinski definition) is 1. The minimum Gasteiger partial charge on any atom is -0.454 e. The first kappa shape index (κ1) is 16.1. The molecule has 1 amide bonds. The first-order chi connectivity index (χ1) is 12.7. The molecule has 2 aromatic carbocycles. The third kappa shape index (κ3) is 3.49. The molecule has 132 valence electrons. The highest BCUT2D eigenvalue weighted by Crippen LogP contribution is 2.32. The molecule has 0 saturated carbocycles. The van der Waals surface area contributed by atoms with Gasteiger partial charge in [0.2, 0.25) is 12.7 Å². The number of halogens is 1. The Morgan fingerprint density at radius 3 is 2.85 bits per heavy atom. The Morgan fingerprint density at radius 2 is 1.96 bits per heavy atom. The SMILES string of the molecule is O=C(NCc1ccc2c(c1)OCO2)c1nnc(Cc2cccc(F)c2)o1. The Bertz CT molecular complexity index is 957. The normalized spacial score (nSPS) is 12.2. The van der Waals surface area contributed by atoms with Crippen LogP contribution in [0, 0.1) is 5.82 Å². The first-order valence-electron chi connectivity index (χ1n) is 7.91. The fourth-order valence-electron chi connectivity index (χ4n) is 2.55. The van der Waals surface area contributed by atoms with Crippen molar-refractivity contribution in [1.82, 2.24) is 15.5 Å². The zero-order valence-electron chi connectivity index (χ0n) is 13.6. The molecule has 26 heavy (non-hydrogen) atoms. The predicted molar refractivity (Wildman–Crippen MR) is 87.2 cm³/mol. The van der Waals surface area contributed by atoms with Gasteiger partial charge in [-0.25, -0.2) is 4.39 Å². The van der Waals surface area contributed by atoms with Crippen LogP contribution in [0.1, 0.15) is 27.7 Å². The Kier molecular flexibility index (Phi) is 4.22. The van der Waals surface area contributed by atoms with Crippen molar-refractivity contribution in [3.8, 4) is 11.5 Å². The van der Waals surface area contributed by atoms with E-state index in [-0.39, 0.29) is 37.4 Å². The second-order valence-electron chi connectivity index (χ2n) is 5.68. The maximum atomic E-state index is 13.2. The number of amides is 1. The summed E-state index contributed by atoms with van der Waals surface area (Å²) in [5.74, 6) is 0.594. The van der Waals surface area contributed by atoms with Gasteiger partial charge in [0.15, 0.2) is 11.5 Å². The minimum absolute atomic E-state index is 0.142. The lowest BCUT2D eigenvalue weighted by molar-refractivity contribution is 0.0914. The van der Waals surface area contributed by atoms with Crippen LogP contribution in [0.4, 0.5) is 4.39 Å². The van der Waals surface area contributed by atoms with Crippen molar-refractivity contribution in [2.24, 2.45) is 0 Å². The van der Waals surface area contributed by atoms with E-state index in [4.69, 9.17) is 13.9 Å². The standard InChI is InChI=1S/C18H14FN3O4/c19-13-3-1-2-11(6-13)8-16-21-22-18(26-16)17(23)20-9-12-4-5-14-15(7-12)25-10-24-14/h1-7H,8-10H2,(H,20,23). The molecule has 1 aliphatic heterocycles. The average Bonchev–Trinajstić information content (AvgIpc) is 3.28. The zero-order chi connectivity index (χ0) is 17.9. The number of nitrogens with one attached hydrogen (secondary N) is 1. The number of aromatic nitrogens is 2. The van der Waals surface area contributed by atoms with Gasteiger partial charge in [-0.2, -0.15) is 0 Å². The van der Waals surface area contributed by atoms with E-state index in [0.717, 1.165) is 5.56 Å². The maximum absolute atomic E-state index is 13.2. The summed E-state index contributed by atoms with van der Waals surface area (Å²) < 4.78 is 29.1. The van der Waals surface area contributed by atoms with Gasteiger partial charge in [0.1, 0.15) is 5.82 Å². The summed E-state index contributed by atoms with van der Waals surface area (Å²) in [5.41, 5.74) is 1.53. The largest absolute Gasteiger partial charge is 0.454 e.